The van der Waals surface area contributed by atoms with Crippen molar-refractivity contribution in [3.63, 3.8) is 0 Å². The van der Waals surface area contributed by atoms with Crippen LogP contribution in [0.1, 0.15) is 52.4 Å². The third kappa shape index (κ3) is 7.69. The van der Waals surface area contributed by atoms with E-state index in [0.29, 0.717) is 12.3 Å². The van der Waals surface area contributed by atoms with Crippen LogP contribution in [-0.4, -0.2) is 37.6 Å². The first-order chi connectivity index (χ1) is 7.76. The summed E-state index contributed by atoms with van der Waals surface area (Å²) in [4.78, 5) is 13.7. The molecule has 0 fully saturated rings. The van der Waals surface area contributed by atoms with Crippen molar-refractivity contribution in [2.45, 2.75) is 52.4 Å². The molecule has 0 aromatic heterocycles. The zero-order valence-electron chi connectivity index (χ0n) is 11.1. The summed E-state index contributed by atoms with van der Waals surface area (Å²) in [5, 5.41) is 0. The standard InChI is InChI=1S/C13H27NO2/c1-4-11-14(5-2)13(15)10-8-6-7-9-12-16-3/h4-12H2,1-3H3. The normalized spacial score (nSPS) is 10.4. The number of unbranched alkanes of at least 4 members (excludes halogenated alkanes) is 3. The molecule has 16 heavy (non-hydrogen) atoms. The Morgan fingerprint density at radius 1 is 1.12 bits per heavy atom. The number of amides is 1. The number of hydrogen-bond donors (Lipinski definition) is 0. The predicted molar refractivity (Wildman–Crippen MR) is 67.5 cm³/mol. The molecular formula is C13H27NO2. The molecule has 0 aliphatic rings. The van der Waals surface area contributed by atoms with Crippen LogP contribution in [0.4, 0.5) is 0 Å². The van der Waals surface area contributed by atoms with Gasteiger partial charge in [-0.05, 0) is 26.2 Å². The van der Waals surface area contributed by atoms with E-state index in [9.17, 15) is 4.79 Å². The minimum Gasteiger partial charge on any atom is -0.385 e. The zero-order chi connectivity index (χ0) is 12.2. The summed E-state index contributed by atoms with van der Waals surface area (Å²) in [6, 6.07) is 0. The van der Waals surface area contributed by atoms with Gasteiger partial charge in [-0.3, -0.25) is 4.79 Å². The third-order valence-corrected chi connectivity index (χ3v) is 2.72. The summed E-state index contributed by atoms with van der Waals surface area (Å²) in [7, 11) is 1.73. The van der Waals surface area contributed by atoms with Gasteiger partial charge in [0.1, 0.15) is 0 Å². The molecule has 0 heterocycles. The number of carbonyl (C=O) groups excluding carboxylic acids is 1. The van der Waals surface area contributed by atoms with Gasteiger partial charge in [0.05, 0.1) is 0 Å². The summed E-state index contributed by atoms with van der Waals surface area (Å²) in [5.74, 6) is 0.316. The molecule has 3 heteroatoms. The van der Waals surface area contributed by atoms with Crippen LogP contribution < -0.4 is 0 Å². The van der Waals surface area contributed by atoms with Gasteiger partial charge < -0.3 is 9.64 Å². The van der Waals surface area contributed by atoms with Gasteiger partial charge in [-0.15, -0.1) is 0 Å². The lowest BCUT2D eigenvalue weighted by molar-refractivity contribution is -0.131. The molecular weight excluding hydrogens is 202 g/mol. The van der Waals surface area contributed by atoms with E-state index in [4.69, 9.17) is 4.74 Å². The zero-order valence-corrected chi connectivity index (χ0v) is 11.1. The number of hydrogen-bond acceptors (Lipinski definition) is 2. The Morgan fingerprint density at radius 3 is 2.38 bits per heavy atom. The summed E-state index contributed by atoms with van der Waals surface area (Å²) in [6.45, 7) is 6.74. The minimum atomic E-state index is 0.316. The lowest BCUT2D eigenvalue weighted by atomic mass is 10.1. The number of carbonyl (C=O) groups is 1. The highest BCUT2D eigenvalue weighted by molar-refractivity contribution is 5.76. The van der Waals surface area contributed by atoms with E-state index in [1.807, 2.05) is 11.8 Å². The van der Waals surface area contributed by atoms with Crippen molar-refractivity contribution >= 4 is 5.91 Å². The van der Waals surface area contributed by atoms with E-state index in [2.05, 4.69) is 6.92 Å². The molecule has 0 rings (SSSR count). The monoisotopic (exact) mass is 229 g/mol. The fourth-order valence-corrected chi connectivity index (χ4v) is 1.76. The van der Waals surface area contributed by atoms with Crippen molar-refractivity contribution < 1.29 is 9.53 Å². The highest BCUT2D eigenvalue weighted by Gasteiger charge is 2.09. The maximum Gasteiger partial charge on any atom is 0.222 e. The molecule has 96 valence electrons. The average Bonchev–Trinajstić information content (AvgIpc) is 2.30. The first-order valence-electron chi connectivity index (χ1n) is 6.52. The van der Waals surface area contributed by atoms with Crippen LogP contribution in [-0.2, 0) is 9.53 Å². The Labute approximate surface area is 100 Å². The lowest BCUT2D eigenvalue weighted by Gasteiger charge is -2.19. The fraction of sp³-hybridized carbons (Fsp3) is 0.923. The maximum absolute atomic E-state index is 11.8. The van der Waals surface area contributed by atoms with Crippen LogP contribution in [0.3, 0.4) is 0 Å². The summed E-state index contributed by atoms with van der Waals surface area (Å²) >= 11 is 0. The highest BCUT2D eigenvalue weighted by atomic mass is 16.5. The summed E-state index contributed by atoms with van der Waals surface area (Å²) < 4.78 is 4.98. The molecule has 0 atom stereocenters. The van der Waals surface area contributed by atoms with Crippen molar-refractivity contribution in [2.24, 2.45) is 0 Å². The van der Waals surface area contributed by atoms with Crippen molar-refractivity contribution in [1.82, 2.24) is 4.90 Å². The Kier molecular flexibility index (Phi) is 10.5. The van der Waals surface area contributed by atoms with Gasteiger partial charge in [0.2, 0.25) is 5.91 Å². The number of ether oxygens (including phenoxy) is 1. The minimum absolute atomic E-state index is 0.316. The molecule has 0 aromatic carbocycles. The topological polar surface area (TPSA) is 29.5 Å². The summed E-state index contributed by atoms with van der Waals surface area (Å²) in [5.41, 5.74) is 0. The smallest absolute Gasteiger partial charge is 0.222 e. The van der Waals surface area contributed by atoms with Gasteiger partial charge in [-0.25, -0.2) is 0 Å². The van der Waals surface area contributed by atoms with E-state index in [-0.39, 0.29) is 0 Å². The Morgan fingerprint density at radius 2 is 1.81 bits per heavy atom. The van der Waals surface area contributed by atoms with Crippen molar-refractivity contribution in [3.8, 4) is 0 Å². The van der Waals surface area contributed by atoms with Crippen molar-refractivity contribution in [3.05, 3.63) is 0 Å². The van der Waals surface area contributed by atoms with Gasteiger partial charge in [0, 0.05) is 33.2 Å². The Bertz CT molecular complexity index is 171. The average molecular weight is 229 g/mol. The molecule has 0 aliphatic carbocycles. The van der Waals surface area contributed by atoms with Gasteiger partial charge in [-0.1, -0.05) is 19.8 Å². The second kappa shape index (κ2) is 10.9. The van der Waals surface area contributed by atoms with E-state index in [1.54, 1.807) is 7.11 Å². The lowest BCUT2D eigenvalue weighted by Crippen LogP contribution is -2.31. The molecule has 3 nitrogen and oxygen atoms in total. The van der Waals surface area contributed by atoms with Crippen LogP contribution >= 0.6 is 0 Å². The van der Waals surface area contributed by atoms with Crippen LogP contribution in [0.15, 0.2) is 0 Å². The first-order valence-corrected chi connectivity index (χ1v) is 6.52. The molecule has 0 unspecified atom stereocenters. The molecule has 0 saturated heterocycles. The quantitative estimate of drug-likeness (QED) is 0.539. The summed E-state index contributed by atoms with van der Waals surface area (Å²) in [6.07, 6.45) is 6.19. The van der Waals surface area contributed by atoms with E-state index in [0.717, 1.165) is 45.4 Å². The number of nitrogens with zero attached hydrogens (tertiary/aromatic N) is 1. The molecule has 0 bridgehead atoms. The van der Waals surface area contributed by atoms with Gasteiger partial charge in [0.25, 0.3) is 0 Å². The first kappa shape index (κ1) is 15.4. The van der Waals surface area contributed by atoms with Crippen LogP contribution in [0, 0.1) is 0 Å². The SMILES string of the molecule is CCCN(CC)C(=O)CCCCCCOC. The highest BCUT2D eigenvalue weighted by Crippen LogP contribution is 2.06. The van der Waals surface area contributed by atoms with Crippen LogP contribution in [0.25, 0.3) is 0 Å². The third-order valence-electron chi connectivity index (χ3n) is 2.72. The molecule has 0 aromatic rings. The predicted octanol–water partition coefficient (Wildman–Crippen LogP) is 2.84. The second-order valence-electron chi connectivity index (χ2n) is 4.13. The fourth-order valence-electron chi connectivity index (χ4n) is 1.76. The van der Waals surface area contributed by atoms with E-state index < -0.39 is 0 Å². The number of rotatable bonds is 10. The van der Waals surface area contributed by atoms with E-state index >= 15 is 0 Å². The van der Waals surface area contributed by atoms with Gasteiger partial charge >= 0.3 is 0 Å². The van der Waals surface area contributed by atoms with E-state index in [1.165, 1.54) is 6.42 Å². The molecule has 0 N–H and O–H groups in total. The molecule has 0 saturated carbocycles. The number of methoxy groups -OCH3 is 1. The maximum atomic E-state index is 11.8. The second-order valence-corrected chi connectivity index (χ2v) is 4.13. The van der Waals surface area contributed by atoms with Crippen LogP contribution in [0.2, 0.25) is 0 Å². The molecule has 0 spiro atoms. The largest absolute Gasteiger partial charge is 0.385 e. The van der Waals surface area contributed by atoms with Crippen LogP contribution in [0.5, 0.6) is 0 Å². The Hall–Kier alpha value is -0.570. The van der Waals surface area contributed by atoms with Gasteiger partial charge in [0.15, 0.2) is 0 Å². The molecule has 0 aliphatic heterocycles. The molecule has 1 amide bonds. The van der Waals surface area contributed by atoms with Gasteiger partial charge in [-0.2, -0.15) is 0 Å². The van der Waals surface area contributed by atoms with Crippen molar-refractivity contribution in [2.75, 3.05) is 26.8 Å². The Balaban J connectivity index is 3.47. The van der Waals surface area contributed by atoms with Crippen molar-refractivity contribution in [1.29, 1.82) is 0 Å². The molecule has 0 radical (unpaired) electrons.